The molecule has 1 heterocycles. The lowest BCUT2D eigenvalue weighted by atomic mass is 10.1. The van der Waals surface area contributed by atoms with Crippen LogP contribution in [0.15, 0.2) is 23.9 Å². The van der Waals surface area contributed by atoms with E-state index in [-0.39, 0.29) is 6.42 Å². The van der Waals surface area contributed by atoms with Crippen molar-refractivity contribution in [2.24, 2.45) is 0 Å². The summed E-state index contributed by atoms with van der Waals surface area (Å²) >= 11 is 0. The molecule has 0 aromatic carbocycles. The molecule has 0 saturated heterocycles. The topological polar surface area (TPSA) is 51.4 Å². The first-order valence-corrected chi connectivity index (χ1v) is 3.40. The molecule has 0 aliphatic carbocycles. The zero-order chi connectivity index (χ0) is 8.10. The van der Waals surface area contributed by atoms with Crippen molar-refractivity contribution in [1.82, 2.24) is 4.99 Å². The van der Waals surface area contributed by atoms with Gasteiger partial charge in [-0.25, -0.2) is 0 Å². The maximum atomic E-state index is 10.2. The van der Waals surface area contributed by atoms with Gasteiger partial charge in [0.2, 0.25) is 12.4 Å². The van der Waals surface area contributed by atoms with E-state index in [1.165, 1.54) is 0 Å². The van der Waals surface area contributed by atoms with Crippen LogP contribution in [-0.4, -0.2) is 17.3 Å². The molecule has 0 fully saturated rings. The molecule has 57 valence electrons. The third-order valence-electron chi connectivity index (χ3n) is 1.38. The fourth-order valence-corrected chi connectivity index (χ4v) is 0.801. The zero-order valence-electron chi connectivity index (χ0n) is 6.03. The van der Waals surface area contributed by atoms with Crippen LogP contribution in [0.5, 0.6) is 0 Å². The summed E-state index contributed by atoms with van der Waals surface area (Å²) in [7, 11) is 0. The van der Waals surface area contributed by atoms with Crippen LogP contribution >= 0.6 is 0 Å². The lowest BCUT2D eigenvalue weighted by Crippen LogP contribution is -1.97. The van der Waals surface area contributed by atoms with Gasteiger partial charge in [0.1, 0.15) is 0 Å². The average Bonchev–Trinajstić information content (AvgIpc) is 2.03. The molecule has 0 saturated carbocycles. The Bertz CT molecular complexity index is 238. The van der Waals surface area contributed by atoms with Gasteiger partial charge in [-0.15, -0.1) is 0 Å². The Morgan fingerprint density at radius 3 is 3.00 bits per heavy atom. The Hall–Kier alpha value is -1.38. The number of carbonyl (C=O) groups is 1. The monoisotopic (exact) mass is 151 g/mol. The molecule has 1 N–H and O–H groups in total. The molecule has 0 aromatic heterocycles. The highest BCUT2D eigenvalue weighted by atomic mass is 16.4. The van der Waals surface area contributed by atoms with Crippen LogP contribution < -0.4 is 4.99 Å². The van der Waals surface area contributed by atoms with Crippen LogP contribution in [0, 0.1) is 0 Å². The lowest BCUT2D eigenvalue weighted by Gasteiger charge is -1.95. The summed E-state index contributed by atoms with van der Waals surface area (Å²) in [5.41, 5.74) is 1.02. The Kier molecular flexibility index (Phi) is 2.60. The predicted molar refractivity (Wildman–Crippen MR) is 42.3 cm³/mol. The molecular formula is C8H9NO2+. The van der Waals surface area contributed by atoms with Gasteiger partial charge in [-0.05, 0) is 12.0 Å². The second-order valence-electron chi connectivity index (χ2n) is 2.25. The predicted octanol–water partition coefficient (Wildman–Crippen LogP) is 0.712. The van der Waals surface area contributed by atoms with Gasteiger partial charge in [-0.1, -0.05) is 0 Å². The van der Waals surface area contributed by atoms with Gasteiger partial charge in [0.05, 0.1) is 4.99 Å². The minimum absolute atomic E-state index is 0.185. The number of allylic oxidation sites excluding steroid dienone is 3. The number of hydrogen-bond donors (Lipinski definition) is 1. The fraction of sp³-hybridized carbons (Fsp3) is 0.250. The minimum atomic E-state index is -0.762. The van der Waals surface area contributed by atoms with Crippen LogP contribution in [0.4, 0.5) is 0 Å². The van der Waals surface area contributed by atoms with Crippen molar-refractivity contribution < 1.29 is 9.90 Å². The van der Waals surface area contributed by atoms with Gasteiger partial charge in [0.25, 0.3) is 0 Å². The summed E-state index contributed by atoms with van der Waals surface area (Å²) in [6.45, 7) is 0. The molecule has 1 rings (SSSR count). The summed E-state index contributed by atoms with van der Waals surface area (Å²) < 4.78 is 0. The van der Waals surface area contributed by atoms with Crippen molar-refractivity contribution >= 4 is 12.2 Å². The average molecular weight is 151 g/mol. The molecule has 0 bridgehead atoms. The second kappa shape index (κ2) is 3.71. The SMILES string of the molecule is O=C(O)CCC1=CC=[N+]C=C1. The summed E-state index contributed by atoms with van der Waals surface area (Å²) in [6, 6.07) is 0. The third-order valence-corrected chi connectivity index (χ3v) is 1.38. The molecule has 1 aliphatic heterocycles. The summed E-state index contributed by atoms with van der Waals surface area (Å²) in [5.74, 6) is -0.762. The van der Waals surface area contributed by atoms with Gasteiger partial charge >= 0.3 is 5.97 Å². The van der Waals surface area contributed by atoms with Crippen molar-refractivity contribution in [2.45, 2.75) is 12.8 Å². The summed E-state index contributed by atoms with van der Waals surface area (Å²) in [5, 5.41) is 8.36. The molecule has 0 atom stereocenters. The molecule has 1 aliphatic rings. The molecule has 3 heteroatoms. The molecule has 11 heavy (non-hydrogen) atoms. The smallest absolute Gasteiger partial charge is 0.303 e. The Balaban J connectivity index is 2.38. The van der Waals surface area contributed by atoms with Crippen molar-refractivity contribution in [1.29, 1.82) is 0 Å². The lowest BCUT2D eigenvalue weighted by molar-refractivity contribution is -0.136. The van der Waals surface area contributed by atoms with E-state index in [0.717, 1.165) is 5.57 Å². The highest BCUT2D eigenvalue weighted by Crippen LogP contribution is 2.06. The number of hydrogen-bond acceptors (Lipinski definition) is 2. The van der Waals surface area contributed by atoms with Gasteiger partial charge < -0.3 is 5.11 Å². The Morgan fingerprint density at radius 2 is 2.45 bits per heavy atom. The van der Waals surface area contributed by atoms with E-state index in [9.17, 15) is 4.79 Å². The molecule has 1 radical (unpaired) electrons. The van der Waals surface area contributed by atoms with Crippen LogP contribution in [0.3, 0.4) is 0 Å². The molecule has 0 spiro atoms. The zero-order valence-corrected chi connectivity index (χ0v) is 6.03. The Labute approximate surface area is 64.8 Å². The molecule has 0 unspecified atom stereocenters. The van der Waals surface area contributed by atoms with Gasteiger partial charge in [-0.2, -0.15) is 0 Å². The number of nitrogens with zero attached hydrogens (tertiary/aromatic N) is 1. The normalized spacial score (nSPS) is 14.7. The van der Waals surface area contributed by atoms with Crippen LogP contribution in [-0.2, 0) is 4.79 Å². The molecule has 3 nitrogen and oxygen atoms in total. The fourth-order valence-electron chi connectivity index (χ4n) is 0.801. The number of aliphatic imine (C=N–C) groups is 1. The van der Waals surface area contributed by atoms with Crippen molar-refractivity contribution in [3.63, 3.8) is 0 Å². The second-order valence-corrected chi connectivity index (χ2v) is 2.25. The standard InChI is InChI=1S/C8H9NO2/c10-8(11)2-1-7-3-5-9-6-4-7/h3-6H,1-2H2,(H,10,11)/q+1. The van der Waals surface area contributed by atoms with Gasteiger partial charge in [-0.3, -0.25) is 4.79 Å². The molecular weight excluding hydrogens is 142 g/mol. The van der Waals surface area contributed by atoms with E-state index in [0.29, 0.717) is 6.42 Å². The van der Waals surface area contributed by atoms with E-state index < -0.39 is 5.97 Å². The highest BCUT2D eigenvalue weighted by Gasteiger charge is 2.02. The largest absolute Gasteiger partial charge is 0.481 e. The first kappa shape index (κ1) is 7.72. The maximum Gasteiger partial charge on any atom is 0.303 e. The number of carboxylic acid groups (broad SMARTS) is 1. The van der Waals surface area contributed by atoms with Crippen molar-refractivity contribution in [3.05, 3.63) is 23.9 Å². The van der Waals surface area contributed by atoms with E-state index in [1.54, 1.807) is 12.4 Å². The summed E-state index contributed by atoms with van der Waals surface area (Å²) in [4.78, 5) is 14.0. The van der Waals surface area contributed by atoms with E-state index in [2.05, 4.69) is 4.99 Å². The highest BCUT2D eigenvalue weighted by molar-refractivity contribution is 5.74. The molecule has 0 aromatic rings. The first-order chi connectivity index (χ1) is 5.29. The quantitative estimate of drug-likeness (QED) is 0.645. The van der Waals surface area contributed by atoms with E-state index in [4.69, 9.17) is 5.11 Å². The number of carboxylic acids is 1. The number of rotatable bonds is 3. The maximum absolute atomic E-state index is 10.2. The van der Waals surface area contributed by atoms with Crippen LogP contribution in [0.2, 0.25) is 0 Å². The van der Waals surface area contributed by atoms with E-state index in [1.807, 2.05) is 12.2 Å². The minimum Gasteiger partial charge on any atom is -0.481 e. The van der Waals surface area contributed by atoms with Gasteiger partial charge in [0, 0.05) is 18.6 Å². The van der Waals surface area contributed by atoms with E-state index >= 15 is 0 Å². The van der Waals surface area contributed by atoms with Crippen LogP contribution in [0.25, 0.3) is 0 Å². The van der Waals surface area contributed by atoms with Crippen molar-refractivity contribution in [2.75, 3.05) is 0 Å². The van der Waals surface area contributed by atoms with Crippen LogP contribution in [0.1, 0.15) is 12.8 Å². The third kappa shape index (κ3) is 2.80. The van der Waals surface area contributed by atoms with Gasteiger partial charge in [0.15, 0.2) is 0 Å². The van der Waals surface area contributed by atoms with Crippen molar-refractivity contribution in [3.8, 4) is 0 Å². The molecule has 0 amide bonds. The summed E-state index contributed by atoms with van der Waals surface area (Å²) in [6.07, 6.45) is 7.74. The number of aliphatic carboxylic acids is 1. The first-order valence-electron chi connectivity index (χ1n) is 3.40. The Morgan fingerprint density at radius 1 is 1.64 bits per heavy atom.